The van der Waals surface area contributed by atoms with Crippen molar-refractivity contribution in [3.05, 3.63) is 48.5 Å². The SMILES string of the molecule is CC(C)(COP(=O)(O)OP(=O)(O)OCC1OC(n2cnc3c(N)ncnc32)C(O)C1OP(=O)(O)O)C(O)C(=O)NCCC(=O)NCCSC(=O)CC(O)c1ccccc1. The van der Waals surface area contributed by atoms with Crippen molar-refractivity contribution in [1.29, 1.82) is 0 Å². The van der Waals surface area contributed by atoms with Crippen LogP contribution >= 0.6 is 35.2 Å². The summed E-state index contributed by atoms with van der Waals surface area (Å²) in [5, 5.41) is 36.2. The molecular formula is C30H44N7O18P3S. The molecule has 1 saturated heterocycles. The number of nitrogens with two attached hydrogens (primary N) is 1. The maximum Gasteiger partial charge on any atom is 0.481 e. The van der Waals surface area contributed by atoms with Crippen molar-refractivity contribution in [2.75, 3.05) is 37.8 Å². The van der Waals surface area contributed by atoms with Gasteiger partial charge in [0, 0.05) is 37.1 Å². The van der Waals surface area contributed by atoms with Crippen molar-refractivity contribution in [3.63, 3.8) is 0 Å². The Balaban J connectivity index is 1.20. The third-order valence-corrected chi connectivity index (χ3v) is 12.3. The molecule has 328 valence electrons. The Labute approximate surface area is 339 Å². The lowest BCUT2D eigenvalue weighted by atomic mass is 9.87. The Morgan fingerprint density at radius 2 is 1.68 bits per heavy atom. The summed E-state index contributed by atoms with van der Waals surface area (Å²) in [4.78, 5) is 87.9. The number of carbonyl (C=O) groups is 3. The van der Waals surface area contributed by atoms with Gasteiger partial charge >= 0.3 is 23.5 Å². The van der Waals surface area contributed by atoms with E-state index in [1.807, 2.05) is 0 Å². The van der Waals surface area contributed by atoms with Crippen LogP contribution in [0.25, 0.3) is 11.2 Å². The number of aliphatic hydroxyl groups is 3. The van der Waals surface area contributed by atoms with Gasteiger partial charge in [-0.25, -0.2) is 28.6 Å². The van der Waals surface area contributed by atoms with Gasteiger partial charge in [0.1, 0.15) is 36.3 Å². The number of anilines is 1. The number of aromatic nitrogens is 4. The molecule has 1 aromatic carbocycles. The van der Waals surface area contributed by atoms with Crippen molar-refractivity contribution >= 4 is 69.1 Å². The molecule has 29 heteroatoms. The topological polar surface area (TPSA) is 384 Å². The summed E-state index contributed by atoms with van der Waals surface area (Å²) in [5.41, 5.74) is 4.83. The van der Waals surface area contributed by atoms with Crippen LogP contribution < -0.4 is 16.4 Å². The van der Waals surface area contributed by atoms with Gasteiger partial charge in [-0.1, -0.05) is 55.9 Å². The van der Waals surface area contributed by atoms with Crippen LogP contribution in [0.3, 0.4) is 0 Å². The van der Waals surface area contributed by atoms with Crippen LogP contribution in [0.5, 0.6) is 0 Å². The molecule has 1 aliphatic heterocycles. The minimum absolute atomic E-state index is 0.0243. The molecule has 1 aliphatic rings. The maximum atomic E-state index is 12.7. The first-order valence-electron chi connectivity index (χ1n) is 17.3. The molecule has 11 N–H and O–H groups in total. The van der Waals surface area contributed by atoms with E-state index in [-0.39, 0.29) is 53.8 Å². The summed E-state index contributed by atoms with van der Waals surface area (Å²) in [6.45, 7) is 0.315. The number of rotatable bonds is 22. The van der Waals surface area contributed by atoms with Gasteiger partial charge in [0.25, 0.3) is 0 Å². The van der Waals surface area contributed by atoms with Gasteiger partial charge in [-0.3, -0.25) is 32.5 Å². The fourth-order valence-corrected chi connectivity index (χ4v) is 8.84. The number of phosphoric acid groups is 3. The highest BCUT2D eigenvalue weighted by Gasteiger charge is 2.50. The third-order valence-electron chi connectivity index (χ3n) is 8.31. The predicted octanol–water partition coefficient (Wildman–Crippen LogP) is -0.212. The lowest BCUT2D eigenvalue weighted by Crippen LogP contribution is -2.46. The number of hydrogen-bond donors (Lipinski definition) is 10. The standard InChI is InChI=1S/C30H44N7O18P3S/c1-30(2,25(42)28(43)33-9-8-20(39)32-10-11-59-21(40)12-18(38)17-6-4-3-5-7-17)14-52-58(49,50)55-57(47,48)51-13-19-24(54-56(44,45)46)23(41)29(53-19)37-16-36-22-26(31)34-15-35-27(22)37/h3-7,15-16,18-19,23-25,29,38,41-42H,8-14H2,1-2H3,(H,32,39)(H,33,43)(H,47,48)(H,49,50)(H2,31,34,35)(H2,44,45,46). The normalized spacial score (nSPS) is 21.6. The Kier molecular flexibility index (Phi) is 16.8. The third kappa shape index (κ3) is 14.4. The predicted molar refractivity (Wildman–Crippen MR) is 203 cm³/mol. The molecule has 4 rings (SSSR count). The van der Waals surface area contributed by atoms with Crippen molar-refractivity contribution < 1.29 is 85.6 Å². The van der Waals surface area contributed by atoms with Gasteiger partial charge in [-0.2, -0.15) is 4.31 Å². The molecule has 0 bridgehead atoms. The number of amides is 2. The Bertz CT molecular complexity index is 2080. The van der Waals surface area contributed by atoms with Crippen molar-refractivity contribution in [2.45, 2.75) is 63.4 Å². The highest BCUT2D eigenvalue weighted by atomic mass is 32.2. The minimum atomic E-state index is -5.58. The Morgan fingerprint density at radius 1 is 1.00 bits per heavy atom. The fourth-order valence-electron chi connectivity index (χ4n) is 5.30. The number of thioether (sulfide) groups is 1. The summed E-state index contributed by atoms with van der Waals surface area (Å²) >= 11 is 0.933. The van der Waals surface area contributed by atoms with E-state index in [0.717, 1.165) is 29.0 Å². The molecule has 2 aromatic heterocycles. The van der Waals surface area contributed by atoms with E-state index in [1.54, 1.807) is 30.3 Å². The number of hydrogen-bond acceptors (Lipinski definition) is 19. The molecule has 25 nitrogen and oxygen atoms in total. The van der Waals surface area contributed by atoms with Crippen molar-refractivity contribution in [2.24, 2.45) is 5.41 Å². The number of carbonyl (C=O) groups excluding carboxylic acids is 3. The molecule has 2 amide bonds. The number of fused-ring (bicyclic) bond motifs is 1. The zero-order valence-electron chi connectivity index (χ0n) is 31.2. The van der Waals surface area contributed by atoms with Crippen LogP contribution in [0.15, 0.2) is 43.0 Å². The molecule has 0 saturated carbocycles. The summed E-state index contributed by atoms with van der Waals surface area (Å²) in [6, 6.07) is 8.66. The lowest BCUT2D eigenvalue weighted by Gasteiger charge is -2.30. The van der Waals surface area contributed by atoms with E-state index in [9.17, 15) is 63.0 Å². The number of nitrogens with zero attached hydrogens (tertiary/aromatic N) is 4. The van der Waals surface area contributed by atoms with E-state index in [1.165, 1.54) is 13.8 Å². The Hall–Kier alpha value is -3.26. The summed E-state index contributed by atoms with van der Waals surface area (Å²) in [5.74, 6) is -1.30. The molecule has 1 fully saturated rings. The number of ether oxygens (including phenoxy) is 1. The number of nitrogens with one attached hydrogen (secondary N) is 2. The van der Waals surface area contributed by atoms with Gasteiger partial charge in [-0.15, -0.1) is 0 Å². The second-order valence-electron chi connectivity index (χ2n) is 13.4. The van der Waals surface area contributed by atoms with Crippen LogP contribution in [-0.2, 0) is 50.7 Å². The molecule has 0 spiro atoms. The van der Waals surface area contributed by atoms with Crippen LogP contribution in [0.2, 0.25) is 0 Å². The van der Waals surface area contributed by atoms with Gasteiger partial charge in [0.15, 0.2) is 22.8 Å². The summed E-state index contributed by atoms with van der Waals surface area (Å²) in [7, 11) is -16.4. The largest absolute Gasteiger partial charge is 0.481 e. The van der Waals surface area contributed by atoms with Gasteiger partial charge in [0.2, 0.25) is 11.8 Å². The second kappa shape index (κ2) is 20.5. The smallest absolute Gasteiger partial charge is 0.388 e. The Morgan fingerprint density at radius 3 is 2.36 bits per heavy atom. The van der Waals surface area contributed by atoms with E-state index >= 15 is 0 Å². The zero-order valence-corrected chi connectivity index (χ0v) is 34.7. The van der Waals surface area contributed by atoms with Crippen LogP contribution in [-0.4, -0.2) is 128 Å². The molecule has 3 heterocycles. The first-order valence-corrected chi connectivity index (χ1v) is 22.8. The van der Waals surface area contributed by atoms with Crippen molar-refractivity contribution in [3.8, 4) is 0 Å². The zero-order chi connectivity index (χ0) is 43.8. The van der Waals surface area contributed by atoms with Crippen LogP contribution in [0.4, 0.5) is 5.82 Å². The van der Waals surface area contributed by atoms with Crippen molar-refractivity contribution in [1.82, 2.24) is 30.2 Å². The highest BCUT2D eigenvalue weighted by molar-refractivity contribution is 8.13. The van der Waals surface area contributed by atoms with Gasteiger partial charge < -0.3 is 56.0 Å². The minimum Gasteiger partial charge on any atom is -0.388 e. The molecule has 0 aliphatic carbocycles. The molecule has 0 radical (unpaired) electrons. The molecule has 8 atom stereocenters. The number of nitrogen functional groups attached to an aromatic ring is 1. The number of aliphatic hydroxyl groups excluding tert-OH is 3. The average molecular weight is 916 g/mol. The summed E-state index contributed by atoms with van der Waals surface area (Å²) in [6.07, 6.45) is -8.09. The monoisotopic (exact) mass is 915 g/mol. The average Bonchev–Trinajstić information content (AvgIpc) is 3.71. The second-order valence-corrected chi connectivity index (χ2v) is 18.8. The van der Waals surface area contributed by atoms with E-state index < -0.39 is 90.7 Å². The quantitative estimate of drug-likeness (QED) is 0.0460. The molecule has 59 heavy (non-hydrogen) atoms. The lowest BCUT2D eigenvalue weighted by molar-refractivity contribution is -0.137. The van der Waals surface area contributed by atoms with Gasteiger partial charge in [-0.05, 0) is 5.56 Å². The number of phosphoric ester groups is 3. The van der Waals surface area contributed by atoms with Crippen LogP contribution in [0, 0.1) is 5.41 Å². The molecular weight excluding hydrogens is 871 g/mol. The van der Waals surface area contributed by atoms with E-state index in [0.29, 0.717) is 5.56 Å². The van der Waals surface area contributed by atoms with E-state index in [4.69, 9.17) is 19.5 Å². The van der Waals surface area contributed by atoms with Gasteiger partial charge in [0.05, 0.1) is 25.6 Å². The first kappa shape index (κ1) is 48.4. The summed E-state index contributed by atoms with van der Waals surface area (Å²) < 4.78 is 62.1. The maximum absolute atomic E-state index is 12.7. The fraction of sp³-hybridized carbons (Fsp3) is 0.533. The highest BCUT2D eigenvalue weighted by Crippen LogP contribution is 2.61. The van der Waals surface area contributed by atoms with E-state index in [2.05, 4.69) is 34.4 Å². The van der Waals surface area contributed by atoms with Crippen LogP contribution in [0.1, 0.15) is 44.6 Å². The number of imidazole rings is 1. The molecule has 3 aromatic rings. The number of benzene rings is 1. The first-order chi connectivity index (χ1) is 27.5. The molecule has 8 unspecified atom stereocenters.